The summed E-state index contributed by atoms with van der Waals surface area (Å²) < 4.78 is 10.3. The Hall–Kier alpha value is -3.88. The van der Waals surface area contributed by atoms with Gasteiger partial charge in [-0.05, 0) is 25.1 Å². The van der Waals surface area contributed by atoms with E-state index < -0.39 is 5.97 Å². The number of ether oxygens (including phenoxy) is 2. The molecule has 0 aliphatic carbocycles. The first-order valence-electron chi connectivity index (χ1n) is 10.5. The van der Waals surface area contributed by atoms with Gasteiger partial charge in [0, 0.05) is 31.7 Å². The lowest BCUT2D eigenvalue weighted by molar-refractivity contribution is -0.136. The molecule has 1 aliphatic rings. The molecule has 1 N–H and O–H groups in total. The lowest BCUT2D eigenvalue weighted by Gasteiger charge is -2.33. The van der Waals surface area contributed by atoms with Gasteiger partial charge in [0.2, 0.25) is 0 Å². The normalized spacial score (nSPS) is 13.8. The number of carbonyl (C=O) groups is 3. The van der Waals surface area contributed by atoms with Crippen molar-refractivity contribution in [3.8, 4) is 11.4 Å². The quantitative estimate of drug-likeness (QED) is 0.617. The van der Waals surface area contributed by atoms with Gasteiger partial charge in [-0.25, -0.2) is 14.6 Å². The predicted octanol–water partition coefficient (Wildman–Crippen LogP) is 2.69. The Bertz CT molecular complexity index is 1100. The Kier molecular flexibility index (Phi) is 6.34. The Labute approximate surface area is 184 Å². The van der Waals surface area contributed by atoms with E-state index in [1.165, 1.54) is 0 Å². The summed E-state index contributed by atoms with van der Waals surface area (Å²) >= 11 is 0. The average Bonchev–Trinajstić information content (AvgIpc) is 3.27. The molecule has 9 heteroatoms. The number of hydrogen-bond donors (Lipinski definition) is 1. The fraction of sp³-hybridized carbons (Fsp3) is 0.304. The van der Waals surface area contributed by atoms with Crippen molar-refractivity contribution in [2.24, 2.45) is 0 Å². The van der Waals surface area contributed by atoms with Crippen LogP contribution in [0.25, 0.3) is 22.4 Å². The molecular formula is C23H24N4O5. The Morgan fingerprint density at radius 1 is 0.938 bits per heavy atom. The zero-order chi connectivity index (χ0) is 22.5. The van der Waals surface area contributed by atoms with Gasteiger partial charge in [-0.1, -0.05) is 30.3 Å². The molecule has 2 heterocycles. The van der Waals surface area contributed by atoms with Crippen molar-refractivity contribution in [2.75, 3.05) is 39.4 Å². The maximum atomic E-state index is 12.8. The van der Waals surface area contributed by atoms with E-state index in [1.807, 2.05) is 30.3 Å². The molecule has 1 aliphatic heterocycles. The molecule has 0 unspecified atom stereocenters. The molecule has 166 valence electrons. The third-order valence-electron chi connectivity index (χ3n) is 5.28. The average molecular weight is 436 g/mol. The molecule has 0 atom stereocenters. The summed E-state index contributed by atoms with van der Waals surface area (Å²) in [4.78, 5) is 47.9. The molecule has 1 saturated heterocycles. The second-order valence-electron chi connectivity index (χ2n) is 7.29. The monoisotopic (exact) mass is 436 g/mol. The second-order valence-corrected chi connectivity index (χ2v) is 7.29. The van der Waals surface area contributed by atoms with Crippen LogP contribution in [0.15, 0.2) is 48.5 Å². The number of nitrogens with zero attached hydrogens (tertiary/aromatic N) is 3. The highest BCUT2D eigenvalue weighted by Crippen LogP contribution is 2.24. The van der Waals surface area contributed by atoms with Gasteiger partial charge in [-0.2, -0.15) is 0 Å². The van der Waals surface area contributed by atoms with Gasteiger partial charge in [0.15, 0.2) is 6.61 Å². The third kappa shape index (κ3) is 4.56. The molecule has 4 rings (SSSR count). The van der Waals surface area contributed by atoms with Crippen LogP contribution in [-0.4, -0.2) is 77.1 Å². The predicted molar refractivity (Wildman–Crippen MR) is 117 cm³/mol. The van der Waals surface area contributed by atoms with Gasteiger partial charge < -0.3 is 24.3 Å². The van der Waals surface area contributed by atoms with E-state index in [2.05, 4.69) is 9.97 Å². The summed E-state index contributed by atoms with van der Waals surface area (Å²) in [5.41, 5.74) is 2.58. The van der Waals surface area contributed by atoms with Crippen LogP contribution in [-0.2, 0) is 14.3 Å². The smallest absolute Gasteiger partial charge is 0.409 e. The van der Waals surface area contributed by atoms with Gasteiger partial charge in [0.05, 0.1) is 23.2 Å². The highest BCUT2D eigenvalue weighted by Gasteiger charge is 2.26. The van der Waals surface area contributed by atoms with Gasteiger partial charge in [0.1, 0.15) is 5.82 Å². The SMILES string of the molecule is CCOC(=O)N1CCN(C(=O)COC(=O)c2ccccc2-c2nc3ccccc3[nH]2)CC1. The van der Waals surface area contributed by atoms with E-state index in [4.69, 9.17) is 9.47 Å². The van der Waals surface area contributed by atoms with Crippen LogP contribution in [0.5, 0.6) is 0 Å². The van der Waals surface area contributed by atoms with E-state index in [0.29, 0.717) is 49.7 Å². The number of esters is 1. The second kappa shape index (κ2) is 9.51. The molecule has 1 fully saturated rings. The zero-order valence-corrected chi connectivity index (χ0v) is 17.7. The number of fused-ring (bicyclic) bond motifs is 1. The van der Waals surface area contributed by atoms with Crippen LogP contribution in [0.3, 0.4) is 0 Å². The van der Waals surface area contributed by atoms with Crippen LogP contribution >= 0.6 is 0 Å². The number of nitrogens with one attached hydrogen (secondary N) is 1. The number of rotatable bonds is 5. The number of imidazole rings is 1. The highest BCUT2D eigenvalue weighted by atomic mass is 16.6. The van der Waals surface area contributed by atoms with Crippen LogP contribution in [0, 0.1) is 0 Å². The number of H-pyrrole nitrogens is 1. The van der Waals surface area contributed by atoms with Crippen molar-refractivity contribution in [1.82, 2.24) is 19.8 Å². The number of benzene rings is 2. The summed E-state index contributed by atoms with van der Waals surface area (Å²) in [6.07, 6.45) is -0.381. The first-order chi connectivity index (χ1) is 15.6. The van der Waals surface area contributed by atoms with Crippen LogP contribution in [0.1, 0.15) is 17.3 Å². The maximum absolute atomic E-state index is 12.8. The first kappa shape index (κ1) is 21.4. The molecule has 9 nitrogen and oxygen atoms in total. The molecule has 3 aromatic rings. The summed E-state index contributed by atoms with van der Waals surface area (Å²) in [5.74, 6) is -0.345. The van der Waals surface area contributed by atoms with Crippen molar-refractivity contribution in [2.45, 2.75) is 6.92 Å². The van der Waals surface area contributed by atoms with E-state index in [1.54, 1.807) is 34.9 Å². The molecule has 2 amide bonds. The molecule has 0 spiro atoms. The van der Waals surface area contributed by atoms with E-state index >= 15 is 0 Å². The zero-order valence-electron chi connectivity index (χ0n) is 17.7. The minimum Gasteiger partial charge on any atom is -0.452 e. The largest absolute Gasteiger partial charge is 0.452 e. The van der Waals surface area contributed by atoms with Crippen molar-refractivity contribution >= 4 is 29.0 Å². The van der Waals surface area contributed by atoms with E-state index in [-0.39, 0.29) is 18.6 Å². The first-order valence-corrected chi connectivity index (χ1v) is 10.5. The Morgan fingerprint density at radius 3 is 2.38 bits per heavy atom. The van der Waals surface area contributed by atoms with Gasteiger partial charge in [0.25, 0.3) is 5.91 Å². The van der Waals surface area contributed by atoms with Crippen molar-refractivity contribution < 1.29 is 23.9 Å². The number of aromatic nitrogens is 2. The van der Waals surface area contributed by atoms with E-state index in [0.717, 1.165) is 11.0 Å². The summed E-state index contributed by atoms with van der Waals surface area (Å²) in [7, 11) is 0. The fourth-order valence-corrected chi connectivity index (χ4v) is 3.60. The number of hydrogen-bond acceptors (Lipinski definition) is 6. The number of para-hydroxylation sites is 2. The molecule has 1 aromatic heterocycles. The summed E-state index contributed by atoms with van der Waals surface area (Å²) in [6.45, 7) is 3.19. The lowest BCUT2D eigenvalue weighted by Crippen LogP contribution is -2.51. The van der Waals surface area contributed by atoms with Crippen molar-refractivity contribution in [3.05, 3.63) is 54.1 Å². The molecular weight excluding hydrogens is 412 g/mol. The molecule has 0 bridgehead atoms. The van der Waals surface area contributed by atoms with Gasteiger partial charge >= 0.3 is 12.1 Å². The minimum absolute atomic E-state index is 0.303. The number of amides is 2. The summed E-state index contributed by atoms with van der Waals surface area (Å²) in [5, 5.41) is 0. The maximum Gasteiger partial charge on any atom is 0.409 e. The highest BCUT2D eigenvalue weighted by molar-refractivity contribution is 5.98. The van der Waals surface area contributed by atoms with Gasteiger partial charge in [-0.15, -0.1) is 0 Å². The molecule has 0 radical (unpaired) electrons. The number of piperazine rings is 1. The topological polar surface area (TPSA) is 105 Å². The van der Waals surface area contributed by atoms with Crippen LogP contribution in [0.2, 0.25) is 0 Å². The Balaban J connectivity index is 1.38. The lowest BCUT2D eigenvalue weighted by atomic mass is 10.1. The fourth-order valence-electron chi connectivity index (χ4n) is 3.60. The number of carbonyl (C=O) groups excluding carboxylic acids is 3. The standard InChI is InChI=1S/C23H24N4O5/c1-2-31-23(30)27-13-11-26(12-14-27)20(28)15-32-22(29)17-8-4-3-7-16(17)21-24-18-9-5-6-10-19(18)25-21/h3-10H,2,11-15H2,1H3,(H,24,25). The Morgan fingerprint density at radius 2 is 1.62 bits per heavy atom. The third-order valence-corrected chi connectivity index (χ3v) is 5.28. The molecule has 2 aromatic carbocycles. The van der Waals surface area contributed by atoms with Crippen LogP contribution in [0.4, 0.5) is 4.79 Å². The molecule has 0 saturated carbocycles. The van der Waals surface area contributed by atoms with Crippen molar-refractivity contribution in [1.29, 1.82) is 0 Å². The molecule has 32 heavy (non-hydrogen) atoms. The number of aromatic amines is 1. The summed E-state index contributed by atoms with van der Waals surface area (Å²) in [6, 6.07) is 14.6. The van der Waals surface area contributed by atoms with Crippen LogP contribution < -0.4 is 0 Å². The van der Waals surface area contributed by atoms with Gasteiger partial charge in [-0.3, -0.25) is 4.79 Å². The van der Waals surface area contributed by atoms with E-state index in [9.17, 15) is 14.4 Å². The van der Waals surface area contributed by atoms with Crippen molar-refractivity contribution in [3.63, 3.8) is 0 Å². The minimum atomic E-state index is -0.598.